The second-order valence-electron chi connectivity index (χ2n) is 3.68. The fraction of sp³-hybridized carbons (Fsp3) is 0.385. The van der Waals surface area contributed by atoms with E-state index in [-0.39, 0.29) is 0 Å². The van der Waals surface area contributed by atoms with Crippen molar-refractivity contribution < 1.29 is 4.74 Å². The zero-order valence-electron chi connectivity index (χ0n) is 9.58. The molecule has 0 aliphatic heterocycles. The van der Waals surface area contributed by atoms with Crippen molar-refractivity contribution in [3.8, 4) is 5.75 Å². The molecule has 0 aromatic heterocycles. The maximum atomic E-state index is 5.58. The summed E-state index contributed by atoms with van der Waals surface area (Å²) in [5.74, 6) is 0.904. The number of rotatable bonds is 7. The molecule has 0 aliphatic rings. The minimum Gasteiger partial charge on any atom is -0.492 e. The van der Waals surface area contributed by atoms with Crippen molar-refractivity contribution in [2.75, 3.05) is 13.2 Å². The molecule has 0 heterocycles. The van der Waals surface area contributed by atoms with Crippen LogP contribution in [0.15, 0.2) is 41.4 Å². The van der Waals surface area contributed by atoms with Gasteiger partial charge in [0.15, 0.2) is 0 Å². The summed E-state index contributed by atoms with van der Waals surface area (Å²) in [6.07, 6.45) is 2.91. The van der Waals surface area contributed by atoms with Gasteiger partial charge in [-0.25, -0.2) is 0 Å². The first kappa shape index (κ1) is 13.3. The third-order valence-corrected chi connectivity index (χ3v) is 2.73. The third-order valence-electron chi connectivity index (χ3n) is 2.20. The molecule has 1 unspecified atom stereocenters. The van der Waals surface area contributed by atoms with Crippen LogP contribution in [-0.2, 0) is 0 Å². The molecule has 1 atom stereocenters. The van der Waals surface area contributed by atoms with Crippen molar-refractivity contribution in [2.45, 2.75) is 19.4 Å². The molecule has 0 radical (unpaired) electrons. The lowest BCUT2D eigenvalue weighted by molar-refractivity contribution is 0.307. The van der Waals surface area contributed by atoms with Gasteiger partial charge in [0.1, 0.15) is 12.4 Å². The Hall–Kier alpha value is -0.800. The summed E-state index contributed by atoms with van der Waals surface area (Å²) in [7, 11) is 0. The van der Waals surface area contributed by atoms with Crippen molar-refractivity contribution in [3.05, 3.63) is 41.4 Å². The van der Waals surface area contributed by atoms with Crippen molar-refractivity contribution >= 4 is 15.9 Å². The van der Waals surface area contributed by atoms with E-state index in [9.17, 15) is 0 Å². The highest BCUT2D eigenvalue weighted by Gasteiger charge is 1.98. The van der Waals surface area contributed by atoms with E-state index < -0.39 is 0 Å². The van der Waals surface area contributed by atoms with Crippen molar-refractivity contribution in [2.24, 2.45) is 0 Å². The molecule has 2 nitrogen and oxygen atoms in total. The fourth-order valence-corrected chi connectivity index (χ4v) is 1.60. The van der Waals surface area contributed by atoms with Gasteiger partial charge in [0, 0.05) is 17.1 Å². The summed E-state index contributed by atoms with van der Waals surface area (Å²) >= 11 is 3.39. The van der Waals surface area contributed by atoms with E-state index in [2.05, 4.69) is 34.7 Å². The number of hydrogen-bond acceptors (Lipinski definition) is 2. The van der Waals surface area contributed by atoms with Crippen LogP contribution in [0, 0.1) is 0 Å². The van der Waals surface area contributed by atoms with Crippen LogP contribution in [0.5, 0.6) is 5.75 Å². The standard InChI is InChI=1S/C13H18BrNO/c1-3-4-11(2)15-9-10-16-13-7-5-12(14)6-8-13/h3,5-8,11,15H,1,4,9-10H2,2H3. The SMILES string of the molecule is C=CCC(C)NCCOc1ccc(Br)cc1. The predicted molar refractivity (Wildman–Crippen MR) is 71.9 cm³/mol. The Morgan fingerprint density at radius 1 is 1.44 bits per heavy atom. The summed E-state index contributed by atoms with van der Waals surface area (Å²) < 4.78 is 6.65. The molecule has 0 saturated carbocycles. The Morgan fingerprint density at radius 3 is 2.75 bits per heavy atom. The molecule has 0 bridgehead atoms. The van der Waals surface area contributed by atoms with Crippen LogP contribution in [0.2, 0.25) is 0 Å². The summed E-state index contributed by atoms with van der Waals surface area (Å²) in [6, 6.07) is 8.33. The Labute approximate surface area is 106 Å². The molecule has 88 valence electrons. The van der Waals surface area contributed by atoms with Gasteiger partial charge in [-0.1, -0.05) is 22.0 Å². The van der Waals surface area contributed by atoms with Crippen LogP contribution in [0.3, 0.4) is 0 Å². The van der Waals surface area contributed by atoms with Gasteiger partial charge in [-0.15, -0.1) is 6.58 Å². The first-order valence-corrected chi connectivity index (χ1v) is 6.24. The highest BCUT2D eigenvalue weighted by Crippen LogP contribution is 2.15. The van der Waals surface area contributed by atoms with Crippen LogP contribution < -0.4 is 10.1 Å². The highest BCUT2D eigenvalue weighted by molar-refractivity contribution is 9.10. The highest BCUT2D eigenvalue weighted by atomic mass is 79.9. The van der Waals surface area contributed by atoms with E-state index in [4.69, 9.17) is 4.74 Å². The van der Waals surface area contributed by atoms with Crippen molar-refractivity contribution in [1.82, 2.24) is 5.32 Å². The quantitative estimate of drug-likeness (QED) is 0.612. The van der Waals surface area contributed by atoms with E-state index in [0.29, 0.717) is 12.6 Å². The lowest BCUT2D eigenvalue weighted by Gasteiger charge is -2.12. The lowest BCUT2D eigenvalue weighted by atomic mass is 10.2. The molecular formula is C13H18BrNO. The number of benzene rings is 1. The zero-order chi connectivity index (χ0) is 11.8. The first-order chi connectivity index (χ1) is 7.72. The Balaban J connectivity index is 2.16. The molecule has 0 fully saturated rings. The van der Waals surface area contributed by atoms with Gasteiger partial charge in [-0.3, -0.25) is 0 Å². The van der Waals surface area contributed by atoms with E-state index in [0.717, 1.165) is 23.2 Å². The third kappa shape index (κ3) is 5.33. The first-order valence-electron chi connectivity index (χ1n) is 5.45. The number of nitrogens with one attached hydrogen (secondary N) is 1. The van der Waals surface area contributed by atoms with Gasteiger partial charge in [-0.05, 0) is 37.6 Å². The molecule has 0 aliphatic carbocycles. The fourth-order valence-electron chi connectivity index (χ4n) is 1.34. The maximum absolute atomic E-state index is 5.58. The molecule has 1 N–H and O–H groups in total. The minimum absolute atomic E-state index is 0.464. The van der Waals surface area contributed by atoms with Gasteiger partial charge >= 0.3 is 0 Å². The van der Waals surface area contributed by atoms with E-state index in [1.807, 2.05) is 30.3 Å². The number of hydrogen-bond donors (Lipinski definition) is 1. The summed E-state index contributed by atoms with van der Waals surface area (Å²) in [5.41, 5.74) is 0. The van der Waals surface area contributed by atoms with Gasteiger partial charge in [0.2, 0.25) is 0 Å². The lowest BCUT2D eigenvalue weighted by Crippen LogP contribution is -2.29. The summed E-state index contributed by atoms with van der Waals surface area (Å²) in [4.78, 5) is 0. The Morgan fingerprint density at radius 2 is 2.12 bits per heavy atom. The minimum atomic E-state index is 0.464. The van der Waals surface area contributed by atoms with Crippen molar-refractivity contribution in [3.63, 3.8) is 0 Å². The van der Waals surface area contributed by atoms with Gasteiger partial charge in [0.25, 0.3) is 0 Å². The molecule has 0 amide bonds. The van der Waals surface area contributed by atoms with Crippen molar-refractivity contribution in [1.29, 1.82) is 0 Å². The van der Waals surface area contributed by atoms with Crippen LogP contribution >= 0.6 is 15.9 Å². The van der Waals surface area contributed by atoms with E-state index >= 15 is 0 Å². The zero-order valence-corrected chi connectivity index (χ0v) is 11.2. The normalized spacial score (nSPS) is 12.1. The van der Waals surface area contributed by atoms with Crippen LogP contribution in [0.4, 0.5) is 0 Å². The Kier molecular flexibility index (Phi) is 6.19. The summed E-state index contributed by atoms with van der Waals surface area (Å²) in [5, 5.41) is 3.36. The second-order valence-corrected chi connectivity index (χ2v) is 4.60. The average molecular weight is 284 g/mol. The molecule has 1 rings (SSSR count). The largest absolute Gasteiger partial charge is 0.492 e. The maximum Gasteiger partial charge on any atom is 0.119 e. The molecule has 16 heavy (non-hydrogen) atoms. The van der Waals surface area contributed by atoms with E-state index in [1.165, 1.54) is 0 Å². The molecule has 0 spiro atoms. The average Bonchev–Trinajstić information content (AvgIpc) is 2.27. The summed E-state index contributed by atoms with van der Waals surface area (Å²) in [6.45, 7) is 7.39. The molecule has 0 saturated heterocycles. The van der Waals surface area contributed by atoms with Crippen LogP contribution in [0.25, 0.3) is 0 Å². The van der Waals surface area contributed by atoms with E-state index in [1.54, 1.807) is 0 Å². The number of ether oxygens (including phenoxy) is 1. The molecule has 3 heteroatoms. The van der Waals surface area contributed by atoms with Gasteiger partial charge < -0.3 is 10.1 Å². The molecule has 1 aromatic carbocycles. The number of halogens is 1. The molecular weight excluding hydrogens is 266 g/mol. The predicted octanol–water partition coefficient (Wildman–Crippen LogP) is 3.38. The molecule has 1 aromatic rings. The second kappa shape index (κ2) is 7.47. The van der Waals surface area contributed by atoms with Crippen LogP contribution in [0.1, 0.15) is 13.3 Å². The van der Waals surface area contributed by atoms with Gasteiger partial charge in [-0.2, -0.15) is 0 Å². The monoisotopic (exact) mass is 283 g/mol. The topological polar surface area (TPSA) is 21.3 Å². The van der Waals surface area contributed by atoms with Crippen LogP contribution in [-0.4, -0.2) is 19.2 Å². The smallest absolute Gasteiger partial charge is 0.119 e. The van der Waals surface area contributed by atoms with Gasteiger partial charge in [0.05, 0.1) is 0 Å². The Bertz CT molecular complexity index is 310.